The molecule has 102 valence electrons. The highest BCUT2D eigenvalue weighted by Gasteiger charge is 2.13. The van der Waals surface area contributed by atoms with Gasteiger partial charge >= 0.3 is 6.09 Å². The Labute approximate surface area is 114 Å². The van der Waals surface area contributed by atoms with Crippen molar-refractivity contribution in [1.82, 2.24) is 4.90 Å². The van der Waals surface area contributed by atoms with E-state index >= 15 is 0 Å². The first-order chi connectivity index (χ1) is 9.27. The molecule has 0 saturated heterocycles. The maximum Gasteiger partial charge on any atom is 0.410 e. The average molecular weight is 261 g/mol. The van der Waals surface area contributed by atoms with Crippen molar-refractivity contribution in [2.24, 2.45) is 0 Å². The summed E-state index contributed by atoms with van der Waals surface area (Å²) in [5, 5.41) is 0. The van der Waals surface area contributed by atoms with Crippen LogP contribution in [-0.2, 0) is 16.1 Å². The van der Waals surface area contributed by atoms with Crippen molar-refractivity contribution in [3.8, 4) is 12.3 Å². The minimum absolute atomic E-state index is 0.263. The summed E-state index contributed by atoms with van der Waals surface area (Å²) >= 11 is 0. The maximum atomic E-state index is 11.9. The Hall–Kier alpha value is -1.99. The molecule has 19 heavy (non-hydrogen) atoms. The van der Waals surface area contributed by atoms with Crippen molar-refractivity contribution in [3.05, 3.63) is 35.9 Å². The molecule has 1 amide bonds. The van der Waals surface area contributed by atoms with Gasteiger partial charge < -0.3 is 14.4 Å². The van der Waals surface area contributed by atoms with E-state index in [2.05, 4.69) is 5.92 Å². The van der Waals surface area contributed by atoms with Crippen LogP contribution in [0.15, 0.2) is 30.3 Å². The molecule has 0 aromatic heterocycles. The first-order valence-electron chi connectivity index (χ1n) is 6.16. The van der Waals surface area contributed by atoms with E-state index in [4.69, 9.17) is 15.9 Å². The molecule has 1 aromatic rings. The second-order valence-electron chi connectivity index (χ2n) is 3.97. The first kappa shape index (κ1) is 15.1. The molecule has 0 bridgehead atoms. The number of nitrogens with zero attached hydrogens (tertiary/aromatic N) is 1. The zero-order valence-corrected chi connectivity index (χ0v) is 11.2. The van der Waals surface area contributed by atoms with Crippen LogP contribution in [0.3, 0.4) is 0 Å². The van der Waals surface area contributed by atoms with E-state index < -0.39 is 0 Å². The molecule has 0 unspecified atom stereocenters. The highest BCUT2D eigenvalue weighted by atomic mass is 16.6. The van der Waals surface area contributed by atoms with Gasteiger partial charge in [0.1, 0.15) is 6.61 Å². The number of carbonyl (C=O) groups is 1. The SMILES string of the molecule is C#CCCN(CCOC)C(=O)OCc1ccccc1. The van der Waals surface area contributed by atoms with Gasteiger partial charge in [0.2, 0.25) is 0 Å². The maximum absolute atomic E-state index is 11.9. The van der Waals surface area contributed by atoms with Gasteiger partial charge in [-0.25, -0.2) is 4.79 Å². The van der Waals surface area contributed by atoms with Crippen LogP contribution in [-0.4, -0.2) is 37.8 Å². The molecule has 0 fully saturated rings. The lowest BCUT2D eigenvalue weighted by Gasteiger charge is -2.20. The van der Waals surface area contributed by atoms with Crippen molar-refractivity contribution >= 4 is 6.09 Å². The molecule has 0 aliphatic heterocycles. The number of carbonyl (C=O) groups excluding carboxylic acids is 1. The van der Waals surface area contributed by atoms with Crippen LogP contribution in [0.1, 0.15) is 12.0 Å². The third-order valence-corrected chi connectivity index (χ3v) is 2.55. The van der Waals surface area contributed by atoms with Crippen molar-refractivity contribution in [1.29, 1.82) is 0 Å². The van der Waals surface area contributed by atoms with Crippen LogP contribution >= 0.6 is 0 Å². The molecule has 0 heterocycles. The summed E-state index contributed by atoms with van der Waals surface area (Å²) in [4.78, 5) is 13.5. The molecule has 4 nitrogen and oxygen atoms in total. The molecule has 0 aliphatic rings. The van der Waals surface area contributed by atoms with Crippen molar-refractivity contribution in [3.63, 3.8) is 0 Å². The summed E-state index contributed by atoms with van der Waals surface area (Å²) in [6.07, 6.45) is 5.35. The number of benzene rings is 1. The van der Waals surface area contributed by atoms with Crippen LogP contribution in [0.4, 0.5) is 4.79 Å². The molecule has 0 saturated carbocycles. The van der Waals surface area contributed by atoms with E-state index in [-0.39, 0.29) is 12.7 Å². The van der Waals surface area contributed by atoms with Gasteiger partial charge in [0.25, 0.3) is 0 Å². The minimum Gasteiger partial charge on any atom is -0.445 e. The molecule has 0 radical (unpaired) electrons. The molecule has 1 rings (SSSR count). The van der Waals surface area contributed by atoms with E-state index in [1.54, 1.807) is 12.0 Å². The van der Waals surface area contributed by atoms with Crippen LogP contribution in [0.25, 0.3) is 0 Å². The number of hydrogen-bond acceptors (Lipinski definition) is 3. The fourth-order valence-electron chi connectivity index (χ4n) is 1.51. The Bertz CT molecular complexity index is 411. The average Bonchev–Trinajstić information content (AvgIpc) is 2.46. The predicted octanol–water partition coefficient (Wildman–Crippen LogP) is 2.29. The fraction of sp³-hybridized carbons (Fsp3) is 0.400. The van der Waals surface area contributed by atoms with Gasteiger partial charge in [0, 0.05) is 26.6 Å². The number of methoxy groups -OCH3 is 1. The topological polar surface area (TPSA) is 38.8 Å². The van der Waals surface area contributed by atoms with Crippen molar-refractivity contribution < 1.29 is 14.3 Å². The summed E-state index contributed by atoms with van der Waals surface area (Å²) in [5.41, 5.74) is 0.958. The third kappa shape index (κ3) is 5.94. The lowest BCUT2D eigenvalue weighted by molar-refractivity contribution is 0.0833. The van der Waals surface area contributed by atoms with Gasteiger partial charge in [-0.1, -0.05) is 30.3 Å². The number of hydrogen-bond donors (Lipinski definition) is 0. The third-order valence-electron chi connectivity index (χ3n) is 2.55. The largest absolute Gasteiger partial charge is 0.445 e. The number of amides is 1. The quantitative estimate of drug-likeness (QED) is 0.707. The normalized spacial score (nSPS) is 9.68. The standard InChI is InChI=1S/C15H19NO3/c1-3-4-10-16(11-12-18-2)15(17)19-13-14-8-6-5-7-9-14/h1,5-9H,4,10-13H2,2H3. The van der Waals surface area contributed by atoms with E-state index in [1.807, 2.05) is 30.3 Å². The van der Waals surface area contributed by atoms with Gasteiger partial charge in [-0.2, -0.15) is 0 Å². The predicted molar refractivity (Wildman–Crippen MR) is 73.5 cm³/mol. The Morgan fingerprint density at radius 1 is 1.32 bits per heavy atom. The fourth-order valence-corrected chi connectivity index (χ4v) is 1.51. The van der Waals surface area contributed by atoms with Gasteiger partial charge in [-0.05, 0) is 5.56 Å². The molecule has 0 aliphatic carbocycles. The Kier molecular flexibility index (Phi) is 7.14. The monoisotopic (exact) mass is 261 g/mol. The first-order valence-corrected chi connectivity index (χ1v) is 6.16. The highest BCUT2D eigenvalue weighted by molar-refractivity contribution is 5.67. The van der Waals surface area contributed by atoms with E-state index in [0.29, 0.717) is 26.1 Å². The molecule has 0 atom stereocenters. The Balaban J connectivity index is 2.44. The van der Waals surface area contributed by atoms with Crippen LogP contribution < -0.4 is 0 Å². The van der Waals surface area contributed by atoms with Crippen molar-refractivity contribution in [2.45, 2.75) is 13.0 Å². The van der Waals surface area contributed by atoms with Gasteiger partial charge in [0.05, 0.1) is 6.61 Å². The van der Waals surface area contributed by atoms with E-state index in [1.165, 1.54) is 0 Å². The molecule has 0 N–H and O–H groups in total. The Morgan fingerprint density at radius 2 is 2.05 bits per heavy atom. The zero-order valence-electron chi connectivity index (χ0n) is 11.2. The van der Waals surface area contributed by atoms with Crippen molar-refractivity contribution in [2.75, 3.05) is 26.8 Å². The second-order valence-corrected chi connectivity index (χ2v) is 3.97. The summed E-state index contributed by atoms with van der Waals surface area (Å²) in [6, 6.07) is 9.56. The molecular weight excluding hydrogens is 242 g/mol. The molecular formula is C15H19NO3. The summed E-state index contributed by atoms with van der Waals surface area (Å²) in [7, 11) is 1.59. The highest BCUT2D eigenvalue weighted by Crippen LogP contribution is 2.04. The Morgan fingerprint density at radius 3 is 2.68 bits per heavy atom. The molecule has 1 aromatic carbocycles. The van der Waals surface area contributed by atoms with Gasteiger partial charge in [-0.3, -0.25) is 0 Å². The summed E-state index contributed by atoms with van der Waals surface area (Å²) in [6.45, 7) is 1.68. The van der Waals surface area contributed by atoms with Crippen LogP contribution in [0, 0.1) is 12.3 Å². The number of terminal acetylenes is 1. The summed E-state index contributed by atoms with van der Waals surface area (Å²) in [5.74, 6) is 2.51. The van der Waals surface area contributed by atoms with E-state index in [0.717, 1.165) is 5.56 Å². The lowest BCUT2D eigenvalue weighted by Crippen LogP contribution is -2.35. The lowest BCUT2D eigenvalue weighted by atomic mass is 10.2. The van der Waals surface area contributed by atoms with Crippen LogP contribution in [0.2, 0.25) is 0 Å². The number of ether oxygens (including phenoxy) is 2. The van der Waals surface area contributed by atoms with Gasteiger partial charge in [0.15, 0.2) is 0 Å². The second kappa shape index (κ2) is 9.01. The smallest absolute Gasteiger partial charge is 0.410 e. The number of rotatable bonds is 7. The summed E-state index contributed by atoms with van der Waals surface area (Å²) < 4.78 is 10.2. The van der Waals surface area contributed by atoms with E-state index in [9.17, 15) is 4.79 Å². The van der Waals surface area contributed by atoms with Crippen LogP contribution in [0.5, 0.6) is 0 Å². The van der Waals surface area contributed by atoms with Gasteiger partial charge in [-0.15, -0.1) is 12.3 Å². The zero-order chi connectivity index (χ0) is 13.9. The minimum atomic E-state index is -0.365. The molecule has 0 spiro atoms. The molecule has 4 heteroatoms.